The van der Waals surface area contributed by atoms with Crippen molar-refractivity contribution in [3.63, 3.8) is 0 Å². The van der Waals surface area contributed by atoms with Crippen molar-refractivity contribution in [2.75, 3.05) is 0 Å². The van der Waals surface area contributed by atoms with Gasteiger partial charge in [-0.05, 0) is 54.6 Å². The fourth-order valence-corrected chi connectivity index (χ4v) is 3.09. The largest absolute Gasteiger partial charge is 0.867 e. The van der Waals surface area contributed by atoms with Gasteiger partial charge >= 0.3 is 0 Å². The summed E-state index contributed by atoms with van der Waals surface area (Å²) in [6.45, 7) is 1.99. The van der Waals surface area contributed by atoms with E-state index in [1.54, 1.807) is 18.2 Å². The molecule has 0 spiro atoms. The van der Waals surface area contributed by atoms with Crippen LogP contribution in [0, 0.1) is 17.0 Å². The topological polar surface area (TPSA) is 105 Å². The van der Waals surface area contributed by atoms with E-state index in [4.69, 9.17) is 16.0 Å². The van der Waals surface area contributed by atoms with Gasteiger partial charge in [0.15, 0.2) is 5.58 Å². The molecule has 0 atom stereocenters. The first kappa shape index (κ1) is 18.6. The van der Waals surface area contributed by atoms with Crippen molar-refractivity contribution >= 4 is 40.3 Å². The Hall–Kier alpha value is -3.71. The minimum atomic E-state index is -0.764. The number of fused-ring (bicyclic) bond motifs is 1. The number of halogens is 1. The molecule has 0 N–H and O–H groups in total. The molecule has 29 heavy (non-hydrogen) atoms. The average Bonchev–Trinajstić information content (AvgIpc) is 3.11. The lowest BCUT2D eigenvalue weighted by atomic mass is 10.1. The third-order valence-electron chi connectivity index (χ3n) is 4.25. The van der Waals surface area contributed by atoms with Crippen molar-refractivity contribution in [3.8, 4) is 17.2 Å². The third-order valence-corrected chi connectivity index (χ3v) is 4.47. The van der Waals surface area contributed by atoms with Gasteiger partial charge in [0, 0.05) is 22.9 Å². The highest BCUT2D eigenvalue weighted by atomic mass is 35.5. The summed E-state index contributed by atoms with van der Waals surface area (Å²) in [7, 11) is 0. The SMILES string of the molecule is Cc1cccc(-c2nc3cc(N=Cc4cc(Cl)cc([N+](=O)[O-])c4[O-])ccc3o2)c1. The molecule has 1 heterocycles. The standard InChI is InChI=1S/C21H14ClN3O4/c1-12-3-2-4-13(7-12)21-24-17-10-16(5-6-19(17)29-21)23-11-14-8-15(22)9-18(20(14)26)25(27)28/h2-11,26H,1H3/p-1. The van der Waals surface area contributed by atoms with Crippen molar-refractivity contribution in [1.29, 1.82) is 0 Å². The van der Waals surface area contributed by atoms with Gasteiger partial charge in [-0.1, -0.05) is 29.3 Å². The van der Waals surface area contributed by atoms with Crippen LogP contribution < -0.4 is 5.11 Å². The Balaban J connectivity index is 1.68. The highest BCUT2D eigenvalue weighted by Gasteiger charge is 2.12. The van der Waals surface area contributed by atoms with Gasteiger partial charge in [0.05, 0.1) is 10.6 Å². The normalized spacial score (nSPS) is 11.4. The Morgan fingerprint density at radius 1 is 1.17 bits per heavy atom. The molecule has 4 aromatic rings. The molecule has 0 aliphatic rings. The van der Waals surface area contributed by atoms with E-state index in [-0.39, 0.29) is 10.6 Å². The van der Waals surface area contributed by atoms with E-state index >= 15 is 0 Å². The molecule has 4 rings (SSSR count). The number of hydrogen-bond acceptors (Lipinski definition) is 6. The van der Waals surface area contributed by atoms with E-state index in [0.717, 1.165) is 17.2 Å². The molecule has 0 aliphatic carbocycles. The molecule has 0 saturated heterocycles. The lowest BCUT2D eigenvalue weighted by Crippen LogP contribution is -2.02. The van der Waals surface area contributed by atoms with Gasteiger partial charge in [-0.25, -0.2) is 4.98 Å². The molecule has 0 saturated carbocycles. The number of nitro benzene ring substituents is 1. The highest BCUT2D eigenvalue weighted by molar-refractivity contribution is 6.31. The lowest BCUT2D eigenvalue weighted by Gasteiger charge is -2.10. The number of oxazole rings is 1. The summed E-state index contributed by atoms with van der Waals surface area (Å²) < 4.78 is 5.80. The monoisotopic (exact) mass is 406 g/mol. The summed E-state index contributed by atoms with van der Waals surface area (Å²) in [5, 5.41) is 23.2. The third kappa shape index (κ3) is 3.81. The molecular weight excluding hydrogens is 394 g/mol. The molecule has 144 valence electrons. The molecule has 0 unspecified atom stereocenters. The van der Waals surface area contributed by atoms with Crippen LogP contribution >= 0.6 is 11.6 Å². The first-order valence-electron chi connectivity index (χ1n) is 8.57. The molecule has 8 heteroatoms. The molecular formula is C21H13ClN3O4-. The second-order valence-corrected chi connectivity index (χ2v) is 6.84. The first-order chi connectivity index (χ1) is 13.9. The minimum absolute atomic E-state index is 0.0323. The van der Waals surface area contributed by atoms with Crippen LogP contribution in [0.3, 0.4) is 0 Å². The second-order valence-electron chi connectivity index (χ2n) is 6.40. The van der Waals surface area contributed by atoms with Crippen molar-refractivity contribution < 1.29 is 14.4 Å². The Kier molecular flexibility index (Phi) is 4.74. The molecule has 3 aromatic carbocycles. The van der Waals surface area contributed by atoms with Gasteiger partial charge in [-0.15, -0.1) is 0 Å². The molecule has 1 aromatic heterocycles. The van der Waals surface area contributed by atoms with Crippen LogP contribution in [0.1, 0.15) is 11.1 Å². The maximum Gasteiger partial charge on any atom is 0.263 e. The summed E-state index contributed by atoms with van der Waals surface area (Å²) in [4.78, 5) is 18.9. The second kappa shape index (κ2) is 7.37. The van der Waals surface area contributed by atoms with Crippen LogP contribution in [0.2, 0.25) is 5.02 Å². The molecule has 0 aliphatic heterocycles. The predicted octanol–water partition coefficient (Wildman–Crippen LogP) is 5.19. The van der Waals surface area contributed by atoms with Crippen LogP contribution in [0.15, 0.2) is 64.0 Å². The zero-order valence-corrected chi connectivity index (χ0v) is 15.9. The van der Waals surface area contributed by atoms with Crippen molar-refractivity contribution in [2.45, 2.75) is 6.92 Å². The summed E-state index contributed by atoms with van der Waals surface area (Å²) in [5.74, 6) is -0.246. The van der Waals surface area contributed by atoms with Crippen molar-refractivity contribution in [3.05, 3.63) is 80.9 Å². The summed E-state index contributed by atoms with van der Waals surface area (Å²) >= 11 is 5.87. The van der Waals surface area contributed by atoms with E-state index < -0.39 is 16.4 Å². The summed E-state index contributed by atoms with van der Waals surface area (Å²) in [6.07, 6.45) is 1.25. The number of benzene rings is 3. The van der Waals surface area contributed by atoms with Crippen LogP contribution in [0.25, 0.3) is 22.6 Å². The fraction of sp³-hybridized carbons (Fsp3) is 0.0476. The Morgan fingerprint density at radius 3 is 2.76 bits per heavy atom. The molecule has 7 nitrogen and oxygen atoms in total. The zero-order chi connectivity index (χ0) is 20.5. The Labute approximate surface area is 170 Å². The first-order valence-corrected chi connectivity index (χ1v) is 8.95. The summed E-state index contributed by atoms with van der Waals surface area (Å²) in [5.41, 5.74) is 3.13. The lowest BCUT2D eigenvalue weighted by molar-refractivity contribution is -0.398. The Bertz CT molecular complexity index is 1280. The maximum absolute atomic E-state index is 12.2. The van der Waals surface area contributed by atoms with Gasteiger partial charge < -0.3 is 9.52 Å². The number of aromatic nitrogens is 1. The number of hydrogen-bond donors (Lipinski definition) is 0. The number of nitro groups is 1. The molecule has 0 radical (unpaired) electrons. The molecule has 0 fully saturated rings. The van der Waals surface area contributed by atoms with Gasteiger partial charge in [0.2, 0.25) is 5.89 Å². The van der Waals surface area contributed by atoms with Crippen LogP contribution in [0.4, 0.5) is 11.4 Å². The van der Waals surface area contributed by atoms with E-state index in [1.165, 1.54) is 12.3 Å². The quantitative estimate of drug-likeness (QED) is 0.263. The van der Waals surface area contributed by atoms with E-state index in [1.807, 2.05) is 31.2 Å². The zero-order valence-electron chi connectivity index (χ0n) is 15.1. The van der Waals surface area contributed by atoms with E-state index in [9.17, 15) is 15.2 Å². The predicted molar refractivity (Wildman–Crippen MR) is 109 cm³/mol. The van der Waals surface area contributed by atoms with Crippen LogP contribution in [0.5, 0.6) is 5.75 Å². The van der Waals surface area contributed by atoms with Crippen LogP contribution in [-0.4, -0.2) is 16.1 Å². The summed E-state index contributed by atoms with van der Waals surface area (Å²) in [6, 6.07) is 15.3. The van der Waals surface area contributed by atoms with Gasteiger partial charge in [-0.3, -0.25) is 15.1 Å². The van der Waals surface area contributed by atoms with Gasteiger partial charge in [0.1, 0.15) is 5.52 Å². The van der Waals surface area contributed by atoms with E-state index in [2.05, 4.69) is 9.98 Å². The van der Waals surface area contributed by atoms with Gasteiger partial charge in [-0.2, -0.15) is 0 Å². The minimum Gasteiger partial charge on any atom is -0.867 e. The highest BCUT2D eigenvalue weighted by Crippen LogP contribution is 2.31. The Morgan fingerprint density at radius 2 is 2.00 bits per heavy atom. The average molecular weight is 407 g/mol. The smallest absolute Gasteiger partial charge is 0.263 e. The molecule has 0 amide bonds. The number of aryl methyl sites for hydroxylation is 1. The fourth-order valence-electron chi connectivity index (χ4n) is 2.87. The molecule has 0 bridgehead atoms. The number of nitrogens with zero attached hydrogens (tertiary/aromatic N) is 3. The van der Waals surface area contributed by atoms with Crippen molar-refractivity contribution in [1.82, 2.24) is 4.98 Å². The number of rotatable bonds is 4. The number of aliphatic imine (C=N–C) groups is 1. The van der Waals surface area contributed by atoms with Gasteiger partial charge in [0.25, 0.3) is 5.69 Å². The maximum atomic E-state index is 12.2. The van der Waals surface area contributed by atoms with Crippen LogP contribution in [-0.2, 0) is 0 Å². The van der Waals surface area contributed by atoms with Crippen molar-refractivity contribution in [2.24, 2.45) is 4.99 Å². The van der Waals surface area contributed by atoms with E-state index in [0.29, 0.717) is 22.7 Å².